The molecule has 1 aliphatic heterocycles. The van der Waals surface area contributed by atoms with Crippen molar-refractivity contribution in [1.29, 1.82) is 0 Å². The molecule has 1 amide bonds. The summed E-state index contributed by atoms with van der Waals surface area (Å²) in [6.45, 7) is 2.44. The van der Waals surface area contributed by atoms with Gasteiger partial charge in [0.15, 0.2) is 5.65 Å². The van der Waals surface area contributed by atoms with Crippen LogP contribution in [0.2, 0.25) is 0 Å². The molecule has 0 aliphatic carbocycles. The lowest BCUT2D eigenvalue weighted by atomic mass is 10.1. The molecule has 1 N–H and O–H groups in total. The van der Waals surface area contributed by atoms with Crippen LogP contribution in [0.25, 0.3) is 5.65 Å². The molecule has 1 saturated heterocycles. The fourth-order valence-corrected chi connectivity index (χ4v) is 3.17. The van der Waals surface area contributed by atoms with E-state index in [9.17, 15) is 9.59 Å². The molecule has 3 aromatic rings. The molecule has 0 saturated carbocycles. The Morgan fingerprint density at radius 1 is 1.48 bits per heavy atom. The van der Waals surface area contributed by atoms with Crippen LogP contribution >= 0.6 is 0 Å². The van der Waals surface area contributed by atoms with Crippen LogP contribution in [0.1, 0.15) is 40.7 Å². The molecule has 1 fully saturated rings. The van der Waals surface area contributed by atoms with Crippen LogP contribution in [-0.2, 0) is 0 Å². The first-order valence-corrected chi connectivity index (χ1v) is 7.57. The Balaban J connectivity index is 1.74. The second kappa shape index (κ2) is 5.12. The van der Waals surface area contributed by atoms with Gasteiger partial charge in [-0.1, -0.05) is 0 Å². The van der Waals surface area contributed by atoms with Gasteiger partial charge in [0.25, 0.3) is 11.5 Å². The number of nitrogens with one attached hydrogen (secondary N) is 1. The van der Waals surface area contributed by atoms with Crippen LogP contribution < -0.4 is 5.56 Å². The topological polar surface area (TPSA) is 83.6 Å². The van der Waals surface area contributed by atoms with Crippen LogP contribution in [-0.4, -0.2) is 31.9 Å². The average molecular weight is 312 g/mol. The van der Waals surface area contributed by atoms with Gasteiger partial charge in [-0.15, -0.1) is 0 Å². The maximum atomic E-state index is 12.8. The summed E-state index contributed by atoms with van der Waals surface area (Å²) >= 11 is 0. The summed E-state index contributed by atoms with van der Waals surface area (Å²) in [7, 11) is 0. The highest BCUT2D eigenvalue weighted by Gasteiger charge is 2.33. The lowest BCUT2D eigenvalue weighted by molar-refractivity contribution is 0.0717. The van der Waals surface area contributed by atoms with E-state index in [1.807, 2.05) is 13.0 Å². The molecule has 23 heavy (non-hydrogen) atoms. The number of rotatable bonds is 2. The summed E-state index contributed by atoms with van der Waals surface area (Å²) in [5, 5.41) is 2.90. The van der Waals surface area contributed by atoms with E-state index in [4.69, 9.17) is 4.42 Å². The molecular weight excluding hydrogens is 296 g/mol. The smallest absolute Gasteiger partial charge is 0.285 e. The summed E-state index contributed by atoms with van der Waals surface area (Å²) in [6, 6.07) is 5.30. The number of carbonyl (C=O) groups excluding carboxylic acids is 1. The van der Waals surface area contributed by atoms with E-state index >= 15 is 0 Å². The van der Waals surface area contributed by atoms with Gasteiger partial charge < -0.3 is 9.32 Å². The van der Waals surface area contributed by atoms with Gasteiger partial charge in [0.05, 0.1) is 12.3 Å². The van der Waals surface area contributed by atoms with Crippen molar-refractivity contribution in [1.82, 2.24) is 19.5 Å². The standard InChI is InChI=1S/C16H16N4O3/c1-10-8-14-17-9-11(16(22)20(14)18-10)15(21)19-6-2-4-12(19)13-5-3-7-23-13/h3,5,7-9,12,18H,2,4,6H2,1H3. The molecule has 0 bridgehead atoms. The highest BCUT2D eigenvalue weighted by atomic mass is 16.3. The normalized spacial score (nSPS) is 18.0. The molecule has 1 aliphatic rings. The van der Waals surface area contributed by atoms with Crippen LogP contribution in [0, 0.1) is 6.92 Å². The van der Waals surface area contributed by atoms with Gasteiger partial charge in [0.2, 0.25) is 0 Å². The van der Waals surface area contributed by atoms with Gasteiger partial charge in [-0.05, 0) is 31.9 Å². The summed E-state index contributed by atoms with van der Waals surface area (Å²) in [6.07, 6.45) is 4.68. The minimum Gasteiger partial charge on any atom is -0.467 e. The number of nitrogens with zero attached hydrogens (tertiary/aromatic N) is 3. The van der Waals surface area contributed by atoms with Crippen molar-refractivity contribution in [2.75, 3.05) is 6.54 Å². The number of carbonyl (C=O) groups is 1. The van der Waals surface area contributed by atoms with Crippen molar-refractivity contribution >= 4 is 11.6 Å². The molecule has 1 unspecified atom stereocenters. The molecule has 0 radical (unpaired) electrons. The van der Waals surface area contributed by atoms with Crippen LogP contribution in [0.4, 0.5) is 0 Å². The van der Waals surface area contributed by atoms with Gasteiger partial charge in [0.1, 0.15) is 11.3 Å². The molecule has 4 rings (SSSR count). The quantitative estimate of drug-likeness (QED) is 0.783. The number of likely N-dealkylation sites (tertiary alicyclic amines) is 1. The summed E-state index contributed by atoms with van der Waals surface area (Å²) < 4.78 is 6.74. The molecule has 118 valence electrons. The minimum atomic E-state index is -0.377. The Kier molecular flexibility index (Phi) is 3.07. The molecule has 4 heterocycles. The summed E-state index contributed by atoms with van der Waals surface area (Å²) in [5.74, 6) is 0.448. The number of H-pyrrole nitrogens is 1. The van der Waals surface area contributed by atoms with E-state index in [1.54, 1.807) is 23.3 Å². The molecule has 7 nitrogen and oxygen atoms in total. The third-order valence-corrected chi connectivity index (χ3v) is 4.24. The third-order valence-electron chi connectivity index (χ3n) is 4.24. The Morgan fingerprint density at radius 3 is 3.13 bits per heavy atom. The van der Waals surface area contributed by atoms with Crippen LogP contribution in [0.5, 0.6) is 0 Å². The predicted molar refractivity (Wildman–Crippen MR) is 82.3 cm³/mol. The lowest BCUT2D eigenvalue weighted by Gasteiger charge is -2.22. The Bertz CT molecular complexity index is 923. The van der Waals surface area contributed by atoms with Crippen molar-refractivity contribution in [3.8, 4) is 0 Å². The Morgan fingerprint density at radius 2 is 2.35 bits per heavy atom. The zero-order valence-electron chi connectivity index (χ0n) is 12.7. The third kappa shape index (κ3) is 2.16. The number of furan rings is 1. The Hall–Kier alpha value is -2.83. The molecule has 0 aromatic carbocycles. The second-order valence-electron chi connectivity index (χ2n) is 5.78. The van der Waals surface area contributed by atoms with E-state index in [0.717, 1.165) is 24.3 Å². The van der Waals surface area contributed by atoms with Crippen molar-refractivity contribution in [3.05, 3.63) is 58.0 Å². The molecular formula is C16H16N4O3. The maximum Gasteiger partial charge on any atom is 0.285 e. The van der Waals surface area contributed by atoms with E-state index in [0.29, 0.717) is 12.2 Å². The summed E-state index contributed by atoms with van der Waals surface area (Å²) in [5.41, 5.74) is 1.02. The van der Waals surface area contributed by atoms with Gasteiger partial charge in [-0.2, -0.15) is 0 Å². The number of aryl methyl sites for hydroxylation is 1. The molecule has 1 atom stereocenters. The predicted octanol–water partition coefficient (Wildman–Crippen LogP) is 1.90. The zero-order chi connectivity index (χ0) is 16.0. The number of aromatic amines is 1. The number of fused-ring (bicyclic) bond motifs is 1. The zero-order valence-corrected chi connectivity index (χ0v) is 12.7. The first-order chi connectivity index (χ1) is 11.1. The average Bonchev–Trinajstić information content (AvgIpc) is 3.26. The number of amides is 1. The van der Waals surface area contributed by atoms with Crippen molar-refractivity contribution in [2.24, 2.45) is 0 Å². The van der Waals surface area contributed by atoms with E-state index < -0.39 is 0 Å². The van der Waals surface area contributed by atoms with Crippen molar-refractivity contribution < 1.29 is 9.21 Å². The van der Waals surface area contributed by atoms with Gasteiger partial charge >= 0.3 is 0 Å². The second-order valence-corrected chi connectivity index (χ2v) is 5.78. The van der Waals surface area contributed by atoms with Gasteiger partial charge in [-0.3, -0.25) is 14.7 Å². The first-order valence-electron chi connectivity index (χ1n) is 7.57. The van der Waals surface area contributed by atoms with E-state index in [-0.39, 0.29) is 23.1 Å². The van der Waals surface area contributed by atoms with Gasteiger partial charge in [0, 0.05) is 24.5 Å². The molecule has 0 spiro atoms. The van der Waals surface area contributed by atoms with E-state index in [2.05, 4.69) is 10.1 Å². The van der Waals surface area contributed by atoms with Gasteiger partial charge in [-0.25, -0.2) is 9.50 Å². The molecule has 7 heteroatoms. The van der Waals surface area contributed by atoms with Crippen LogP contribution in [0.15, 0.2) is 39.9 Å². The summed E-state index contributed by atoms with van der Waals surface area (Å²) in [4.78, 5) is 31.3. The molecule has 3 aromatic heterocycles. The van der Waals surface area contributed by atoms with Crippen molar-refractivity contribution in [3.63, 3.8) is 0 Å². The van der Waals surface area contributed by atoms with Crippen molar-refractivity contribution in [2.45, 2.75) is 25.8 Å². The van der Waals surface area contributed by atoms with E-state index in [1.165, 1.54) is 10.7 Å². The maximum absolute atomic E-state index is 12.8. The SMILES string of the molecule is Cc1cc2ncc(C(=O)N3CCCC3c3ccco3)c(=O)n2[nH]1. The lowest BCUT2D eigenvalue weighted by Crippen LogP contribution is -2.35. The monoisotopic (exact) mass is 312 g/mol. The number of aromatic nitrogens is 3. The highest BCUT2D eigenvalue weighted by molar-refractivity contribution is 5.94. The first kappa shape index (κ1) is 13.8. The number of hydrogen-bond acceptors (Lipinski definition) is 4. The Labute approximate surface area is 131 Å². The van der Waals surface area contributed by atoms with Crippen LogP contribution in [0.3, 0.4) is 0 Å². The largest absolute Gasteiger partial charge is 0.467 e. The minimum absolute atomic E-state index is 0.0720. The number of hydrogen-bond donors (Lipinski definition) is 1. The highest BCUT2D eigenvalue weighted by Crippen LogP contribution is 2.32. The fourth-order valence-electron chi connectivity index (χ4n) is 3.17. The fraction of sp³-hybridized carbons (Fsp3) is 0.312.